The molecule has 0 aliphatic heterocycles. The average Bonchev–Trinajstić information content (AvgIpc) is 3.10. The van der Waals surface area contributed by atoms with E-state index in [9.17, 15) is 13.3 Å². The highest BCUT2D eigenvalue weighted by Crippen LogP contribution is 2.32. The first-order chi connectivity index (χ1) is 16.2. The maximum absolute atomic E-state index is 14.1. The second-order valence-corrected chi connectivity index (χ2v) is 19.3. The molecule has 0 amide bonds. The molecule has 1 unspecified atom stereocenters. The average molecular weight is 588 g/mol. The van der Waals surface area contributed by atoms with E-state index in [4.69, 9.17) is 9.72 Å². The zero-order chi connectivity index (χ0) is 26.0. The van der Waals surface area contributed by atoms with Crippen LogP contribution in [0.1, 0.15) is 37.9 Å². The van der Waals surface area contributed by atoms with Crippen LogP contribution in [0.25, 0.3) is 11.2 Å². The molecule has 0 spiro atoms. The molecule has 0 bridgehead atoms. The number of hydrogen-bond acceptors (Lipinski definition) is 5. The van der Waals surface area contributed by atoms with Crippen LogP contribution in [0.2, 0.25) is 25.7 Å². The smallest absolute Gasteiger partial charge is 0.162 e. The van der Waals surface area contributed by atoms with Gasteiger partial charge in [-0.05, 0) is 66.5 Å². The molecule has 3 aromatic rings. The highest BCUT2D eigenvalue weighted by molar-refractivity contribution is 9.10. The zero-order valence-electron chi connectivity index (χ0n) is 21.0. The van der Waals surface area contributed by atoms with Gasteiger partial charge in [-0.15, -0.1) is 4.72 Å². The molecule has 2 heterocycles. The minimum absolute atomic E-state index is 0.171. The summed E-state index contributed by atoms with van der Waals surface area (Å²) < 4.78 is 51.8. The summed E-state index contributed by atoms with van der Waals surface area (Å²) >= 11 is 2.19. The first kappa shape index (κ1) is 28.2. The molecule has 0 aliphatic rings. The normalized spacial score (nSPS) is 14.5. The lowest BCUT2D eigenvalue weighted by atomic mass is 9.95. The molecule has 0 saturated heterocycles. The number of benzene rings is 1. The van der Waals surface area contributed by atoms with Crippen molar-refractivity contribution in [2.75, 3.05) is 13.2 Å². The van der Waals surface area contributed by atoms with Gasteiger partial charge in [-0.25, -0.2) is 18.7 Å². The Morgan fingerprint density at radius 2 is 1.83 bits per heavy atom. The molecule has 0 aliphatic carbocycles. The largest absolute Gasteiger partial charge is 0.598 e. The number of rotatable bonds is 10. The fourth-order valence-corrected chi connectivity index (χ4v) is 5.47. The van der Waals surface area contributed by atoms with Gasteiger partial charge in [-0.2, -0.15) is 0 Å². The monoisotopic (exact) mass is 586 g/mol. The summed E-state index contributed by atoms with van der Waals surface area (Å²) in [6.07, 6.45) is 1.67. The summed E-state index contributed by atoms with van der Waals surface area (Å²) in [7, 11) is -1.21. The second kappa shape index (κ2) is 11.3. The molecule has 11 heteroatoms. The molecule has 2 atom stereocenters. The van der Waals surface area contributed by atoms with Gasteiger partial charge in [0.1, 0.15) is 28.6 Å². The molecular weight excluding hydrogens is 554 g/mol. The predicted octanol–water partition coefficient (Wildman–Crippen LogP) is 5.97. The number of nitrogens with one attached hydrogen (secondary N) is 1. The van der Waals surface area contributed by atoms with Gasteiger partial charge in [0.15, 0.2) is 5.65 Å². The fourth-order valence-electron chi connectivity index (χ4n) is 3.38. The van der Waals surface area contributed by atoms with E-state index < -0.39 is 41.7 Å². The number of nitrogens with zero attached hydrogens (tertiary/aromatic N) is 3. The van der Waals surface area contributed by atoms with E-state index in [0.717, 1.165) is 12.1 Å². The molecular formula is C24H33BrF2N4O2SSi. The highest BCUT2D eigenvalue weighted by atomic mass is 79.9. The van der Waals surface area contributed by atoms with Crippen molar-refractivity contribution in [3.8, 4) is 0 Å². The SMILES string of the molecule is CC(C)(C)[S+]([O-])NC[C@@H](c1cc(F)cc(F)c1)c1nc2c(cc1Br)ncn2COCC[Si](C)(C)C. The van der Waals surface area contributed by atoms with Crippen LogP contribution < -0.4 is 4.72 Å². The van der Waals surface area contributed by atoms with E-state index in [-0.39, 0.29) is 6.54 Å². The third-order valence-corrected chi connectivity index (χ3v) is 9.27. The Balaban J connectivity index is 1.96. The third kappa shape index (κ3) is 7.80. The number of imidazole rings is 1. The van der Waals surface area contributed by atoms with Crippen LogP contribution in [0, 0.1) is 11.6 Å². The van der Waals surface area contributed by atoms with Crippen molar-refractivity contribution in [1.29, 1.82) is 0 Å². The lowest BCUT2D eigenvalue weighted by molar-refractivity contribution is 0.0895. The summed E-state index contributed by atoms with van der Waals surface area (Å²) in [6.45, 7) is 13.6. The van der Waals surface area contributed by atoms with Gasteiger partial charge >= 0.3 is 0 Å². The summed E-state index contributed by atoms with van der Waals surface area (Å²) in [5.41, 5.74) is 2.23. The summed E-state index contributed by atoms with van der Waals surface area (Å²) in [5, 5.41) is 0. The topological polar surface area (TPSA) is 75.0 Å². The lowest BCUT2D eigenvalue weighted by Gasteiger charge is -2.26. The minimum Gasteiger partial charge on any atom is -0.598 e. The fraction of sp³-hybridized carbons (Fsp3) is 0.500. The number of aromatic nitrogens is 3. The molecule has 0 saturated carbocycles. The zero-order valence-corrected chi connectivity index (χ0v) is 24.4. The van der Waals surface area contributed by atoms with Gasteiger partial charge in [-0.3, -0.25) is 4.57 Å². The molecule has 1 N–H and O–H groups in total. The van der Waals surface area contributed by atoms with Crippen molar-refractivity contribution < 1.29 is 18.1 Å². The van der Waals surface area contributed by atoms with Crippen LogP contribution >= 0.6 is 15.9 Å². The Bertz CT molecular complexity index is 1150. The first-order valence-corrected chi connectivity index (χ1v) is 17.1. The Morgan fingerprint density at radius 1 is 1.17 bits per heavy atom. The van der Waals surface area contributed by atoms with Crippen LogP contribution in [0.5, 0.6) is 0 Å². The Kier molecular flexibility index (Phi) is 9.14. The molecule has 35 heavy (non-hydrogen) atoms. The molecule has 2 aromatic heterocycles. The Hall–Kier alpha value is -1.37. The van der Waals surface area contributed by atoms with Crippen LogP contribution in [-0.2, 0) is 22.8 Å². The molecule has 1 aromatic carbocycles. The second-order valence-electron chi connectivity index (χ2n) is 10.7. The van der Waals surface area contributed by atoms with E-state index in [1.54, 1.807) is 6.33 Å². The quantitative estimate of drug-likeness (QED) is 0.180. The summed E-state index contributed by atoms with van der Waals surface area (Å²) in [4.78, 5) is 9.27. The Morgan fingerprint density at radius 3 is 2.43 bits per heavy atom. The van der Waals surface area contributed by atoms with Crippen molar-refractivity contribution in [1.82, 2.24) is 19.3 Å². The van der Waals surface area contributed by atoms with Crippen molar-refractivity contribution in [2.45, 2.75) is 63.9 Å². The number of hydrogen-bond donors (Lipinski definition) is 1. The highest BCUT2D eigenvalue weighted by Gasteiger charge is 2.29. The van der Waals surface area contributed by atoms with E-state index in [1.165, 1.54) is 12.1 Å². The number of halogens is 3. The standard InChI is InChI=1S/C24H33BrF2N4O2SSi/c1-24(2,3)34(32)29-13-19(16-9-17(26)11-18(27)10-16)22-20(25)12-21-23(30-22)31(14-28-21)15-33-7-8-35(4,5)6/h9-12,14,19,29H,7-8,13,15H2,1-6H3/t19-,34?/m0/s1. The maximum Gasteiger partial charge on any atom is 0.162 e. The van der Waals surface area contributed by atoms with Crippen molar-refractivity contribution >= 4 is 46.5 Å². The molecule has 192 valence electrons. The van der Waals surface area contributed by atoms with Gasteiger partial charge in [0.25, 0.3) is 0 Å². The predicted molar refractivity (Wildman–Crippen MR) is 143 cm³/mol. The maximum atomic E-state index is 14.1. The van der Waals surface area contributed by atoms with Gasteiger partial charge in [0, 0.05) is 42.5 Å². The van der Waals surface area contributed by atoms with Crippen molar-refractivity contribution in [2.24, 2.45) is 0 Å². The number of pyridine rings is 1. The van der Waals surface area contributed by atoms with Crippen LogP contribution in [-0.4, -0.2) is 45.1 Å². The van der Waals surface area contributed by atoms with Crippen molar-refractivity contribution in [3.05, 3.63) is 58.0 Å². The summed E-state index contributed by atoms with van der Waals surface area (Å²) in [5.74, 6) is -1.93. The van der Waals surface area contributed by atoms with E-state index in [2.05, 4.69) is 45.3 Å². The number of ether oxygens (including phenoxy) is 1. The molecule has 0 fully saturated rings. The van der Waals surface area contributed by atoms with E-state index in [0.29, 0.717) is 40.2 Å². The third-order valence-electron chi connectivity index (χ3n) is 5.39. The molecule has 3 rings (SSSR count). The Labute approximate surface area is 218 Å². The number of fused-ring (bicyclic) bond motifs is 1. The van der Waals surface area contributed by atoms with Crippen LogP contribution in [0.4, 0.5) is 8.78 Å². The first-order valence-electron chi connectivity index (χ1n) is 11.4. The van der Waals surface area contributed by atoms with E-state index >= 15 is 0 Å². The lowest BCUT2D eigenvalue weighted by Crippen LogP contribution is -2.41. The van der Waals surface area contributed by atoms with Gasteiger partial charge in [0.05, 0.1) is 18.6 Å². The van der Waals surface area contributed by atoms with Gasteiger partial charge in [-0.1, -0.05) is 19.6 Å². The van der Waals surface area contributed by atoms with Gasteiger partial charge < -0.3 is 9.29 Å². The van der Waals surface area contributed by atoms with E-state index in [1.807, 2.05) is 31.4 Å². The van der Waals surface area contributed by atoms with Crippen LogP contribution in [0.3, 0.4) is 0 Å². The molecule has 0 radical (unpaired) electrons. The van der Waals surface area contributed by atoms with Crippen LogP contribution in [0.15, 0.2) is 35.1 Å². The van der Waals surface area contributed by atoms with Gasteiger partial charge in [0.2, 0.25) is 0 Å². The molecule has 6 nitrogen and oxygen atoms in total. The minimum atomic E-state index is -1.37. The van der Waals surface area contributed by atoms with Crippen molar-refractivity contribution in [3.63, 3.8) is 0 Å². The summed E-state index contributed by atoms with van der Waals surface area (Å²) in [6, 6.07) is 6.28.